The molecule has 0 fully saturated rings. The molecule has 0 radical (unpaired) electrons. The molecular formula is C13H10N4. The van der Waals surface area contributed by atoms with E-state index >= 15 is 0 Å². The molecule has 1 aromatic carbocycles. The Balaban J connectivity index is 2.30. The van der Waals surface area contributed by atoms with E-state index in [4.69, 9.17) is 5.26 Å². The van der Waals surface area contributed by atoms with Crippen LogP contribution in [0.3, 0.4) is 0 Å². The predicted molar refractivity (Wildman–Crippen MR) is 65.3 cm³/mol. The van der Waals surface area contributed by atoms with Crippen molar-refractivity contribution in [1.29, 1.82) is 5.26 Å². The second-order valence-corrected chi connectivity index (χ2v) is 3.95. The lowest BCUT2D eigenvalue weighted by Crippen LogP contribution is -1.79. The summed E-state index contributed by atoms with van der Waals surface area (Å²) in [5.41, 5.74) is 4.52. The van der Waals surface area contributed by atoms with Crippen molar-refractivity contribution >= 4 is 10.9 Å². The minimum Gasteiger partial charge on any atom is -0.358 e. The Labute approximate surface area is 97.9 Å². The summed E-state index contributed by atoms with van der Waals surface area (Å²) in [6.07, 6.45) is 0. The van der Waals surface area contributed by atoms with Gasteiger partial charge in [0.2, 0.25) is 0 Å². The quantitative estimate of drug-likeness (QED) is 0.664. The summed E-state index contributed by atoms with van der Waals surface area (Å²) in [5.74, 6) is 0. The number of nitrogens with zero attached hydrogens (tertiary/aromatic N) is 2. The van der Waals surface area contributed by atoms with Gasteiger partial charge in [0.15, 0.2) is 5.69 Å². The van der Waals surface area contributed by atoms with Crippen LogP contribution >= 0.6 is 0 Å². The van der Waals surface area contributed by atoms with Crippen molar-refractivity contribution < 1.29 is 0 Å². The second kappa shape index (κ2) is 3.49. The third-order valence-electron chi connectivity index (χ3n) is 2.86. The maximum absolute atomic E-state index is 8.79. The summed E-state index contributed by atoms with van der Waals surface area (Å²) >= 11 is 0. The Bertz CT molecular complexity index is 727. The van der Waals surface area contributed by atoms with Crippen molar-refractivity contribution in [3.63, 3.8) is 0 Å². The normalized spacial score (nSPS) is 10.6. The van der Waals surface area contributed by atoms with Gasteiger partial charge < -0.3 is 4.98 Å². The van der Waals surface area contributed by atoms with Gasteiger partial charge in [0.25, 0.3) is 0 Å². The molecule has 2 heterocycles. The molecule has 0 atom stereocenters. The molecule has 0 aliphatic rings. The summed E-state index contributed by atoms with van der Waals surface area (Å²) in [6, 6.07) is 11.9. The molecule has 0 bridgehead atoms. The van der Waals surface area contributed by atoms with Crippen molar-refractivity contribution in [2.75, 3.05) is 0 Å². The first-order valence-electron chi connectivity index (χ1n) is 5.33. The molecule has 82 valence electrons. The maximum atomic E-state index is 8.79. The first kappa shape index (κ1) is 9.67. The molecule has 0 aliphatic heterocycles. The molecule has 4 nitrogen and oxygen atoms in total. The third kappa shape index (κ3) is 1.41. The van der Waals surface area contributed by atoms with Crippen LogP contribution in [-0.4, -0.2) is 15.2 Å². The monoisotopic (exact) mass is 222 g/mol. The number of hydrogen-bond donors (Lipinski definition) is 2. The lowest BCUT2D eigenvalue weighted by Gasteiger charge is -1.96. The Morgan fingerprint density at radius 3 is 2.88 bits per heavy atom. The van der Waals surface area contributed by atoms with E-state index < -0.39 is 0 Å². The molecule has 0 amide bonds. The van der Waals surface area contributed by atoms with Crippen LogP contribution in [0.5, 0.6) is 0 Å². The maximum Gasteiger partial charge on any atom is 0.162 e. The van der Waals surface area contributed by atoms with Crippen molar-refractivity contribution in [1.82, 2.24) is 15.2 Å². The fraction of sp³-hybridized carbons (Fsp3) is 0.0769. The molecule has 0 spiro atoms. The van der Waals surface area contributed by atoms with Crippen molar-refractivity contribution in [3.05, 3.63) is 41.7 Å². The van der Waals surface area contributed by atoms with E-state index in [1.807, 2.05) is 31.2 Å². The molecule has 3 aromatic rings. The highest BCUT2D eigenvalue weighted by atomic mass is 15.1. The number of H-pyrrole nitrogens is 2. The summed E-state index contributed by atoms with van der Waals surface area (Å²) in [7, 11) is 0. The van der Waals surface area contributed by atoms with E-state index in [0.29, 0.717) is 5.69 Å². The third-order valence-corrected chi connectivity index (χ3v) is 2.86. The molecule has 17 heavy (non-hydrogen) atoms. The van der Waals surface area contributed by atoms with Crippen LogP contribution in [0.4, 0.5) is 0 Å². The number of nitrogens with one attached hydrogen (secondary N) is 2. The van der Waals surface area contributed by atoms with Crippen LogP contribution in [0.2, 0.25) is 0 Å². The van der Waals surface area contributed by atoms with Crippen LogP contribution in [0.1, 0.15) is 11.4 Å². The number of nitriles is 1. The average molecular weight is 222 g/mol. The second-order valence-electron chi connectivity index (χ2n) is 3.95. The number of aromatic nitrogens is 3. The van der Waals surface area contributed by atoms with Crippen LogP contribution in [0, 0.1) is 18.3 Å². The number of fused-ring (bicyclic) bond motifs is 1. The molecule has 2 N–H and O–H groups in total. The van der Waals surface area contributed by atoms with E-state index in [1.165, 1.54) is 0 Å². The summed E-state index contributed by atoms with van der Waals surface area (Å²) < 4.78 is 0. The van der Waals surface area contributed by atoms with Gasteiger partial charge in [0.05, 0.1) is 5.69 Å². The average Bonchev–Trinajstić information content (AvgIpc) is 2.91. The molecular weight excluding hydrogens is 212 g/mol. The van der Waals surface area contributed by atoms with Gasteiger partial charge in [-0.2, -0.15) is 10.4 Å². The minimum atomic E-state index is 0.407. The van der Waals surface area contributed by atoms with Gasteiger partial charge in [-0.1, -0.05) is 18.2 Å². The number of para-hydroxylation sites is 1. The smallest absolute Gasteiger partial charge is 0.162 e. The molecule has 4 heteroatoms. The number of rotatable bonds is 1. The number of hydrogen-bond acceptors (Lipinski definition) is 2. The predicted octanol–water partition coefficient (Wildman–Crippen LogP) is 2.74. The number of aromatic amines is 2. The lowest BCUT2D eigenvalue weighted by molar-refractivity contribution is 1.07. The van der Waals surface area contributed by atoms with Gasteiger partial charge in [-0.3, -0.25) is 5.10 Å². The molecule has 3 rings (SSSR count). The largest absolute Gasteiger partial charge is 0.358 e. The standard InChI is InChI=1S/C13H10N4/c1-8-13(12-6-9(7-14)16-17-12)10-4-2-3-5-11(10)15-8/h2-6,15H,1H3,(H,16,17). The molecule has 0 saturated carbocycles. The zero-order chi connectivity index (χ0) is 11.8. The first-order chi connectivity index (χ1) is 8.29. The molecule has 0 aliphatic carbocycles. The zero-order valence-electron chi connectivity index (χ0n) is 9.28. The Morgan fingerprint density at radius 2 is 2.12 bits per heavy atom. The van der Waals surface area contributed by atoms with Crippen LogP contribution in [0.15, 0.2) is 30.3 Å². The highest BCUT2D eigenvalue weighted by Gasteiger charge is 2.12. The summed E-state index contributed by atoms with van der Waals surface area (Å²) in [4.78, 5) is 3.32. The van der Waals surface area contributed by atoms with Gasteiger partial charge in [-0.15, -0.1) is 0 Å². The van der Waals surface area contributed by atoms with Gasteiger partial charge in [0, 0.05) is 28.2 Å². The van der Waals surface area contributed by atoms with Gasteiger partial charge >= 0.3 is 0 Å². The zero-order valence-corrected chi connectivity index (χ0v) is 9.28. The fourth-order valence-corrected chi connectivity index (χ4v) is 2.13. The SMILES string of the molecule is Cc1[nH]c2ccccc2c1-c1cc(C#N)n[nH]1. The molecule has 2 aromatic heterocycles. The van der Waals surface area contributed by atoms with E-state index in [-0.39, 0.29) is 0 Å². The Morgan fingerprint density at radius 1 is 1.29 bits per heavy atom. The summed E-state index contributed by atoms with van der Waals surface area (Å²) in [6.45, 7) is 2.02. The van der Waals surface area contributed by atoms with Crippen LogP contribution < -0.4 is 0 Å². The molecule has 0 saturated heterocycles. The van der Waals surface area contributed by atoms with Crippen molar-refractivity contribution in [2.24, 2.45) is 0 Å². The molecule has 0 unspecified atom stereocenters. The Kier molecular flexibility index (Phi) is 1.99. The van der Waals surface area contributed by atoms with Crippen LogP contribution in [-0.2, 0) is 0 Å². The van der Waals surface area contributed by atoms with Crippen molar-refractivity contribution in [2.45, 2.75) is 6.92 Å². The van der Waals surface area contributed by atoms with E-state index in [1.54, 1.807) is 6.07 Å². The topological polar surface area (TPSA) is 68.3 Å². The van der Waals surface area contributed by atoms with E-state index in [0.717, 1.165) is 27.9 Å². The van der Waals surface area contributed by atoms with Crippen molar-refractivity contribution in [3.8, 4) is 17.3 Å². The van der Waals surface area contributed by atoms with Gasteiger partial charge in [0.1, 0.15) is 6.07 Å². The number of aryl methyl sites for hydroxylation is 1. The Hall–Kier alpha value is -2.54. The summed E-state index contributed by atoms with van der Waals surface area (Å²) in [5, 5.41) is 16.8. The number of benzene rings is 1. The lowest BCUT2D eigenvalue weighted by atomic mass is 10.1. The highest BCUT2D eigenvalue weighted by molar-refractivity contribution is 5.96. The van der Waals surface area contributed by atoms with Crippen LogP contribution in [0.25, 0.3) is 22.2 Å². The van der Waals surface area contributed by atoms with Gasteiger partial charge in [-0.05, 0) is 13.0 Å². The highest BCUT2D eigenvalue weighted by Crippen LogP contribution is 2.30. The minimum absolute atomic E-state index is 0.407. The van der Waals surface area contributed by atoms with E-state index in [9.17, 15) is 0 Å². The first-order valence-corrected chi connectivity index (χ1v) is 5.33. The fourth-order valence-electron chi connectivity index (χ4n) is 2.13. The van der Waals surface area contributed by atoms with Gasteiger partial charge in [-0.25, -0.2) is 0 Å². The van der Waals surface area contributed by atoms with E-state index in [2.05, 4.69) is 21.2 Å².